The molecule has 3 nitrogen and oxygen atoms in total. The summed E-state index contributed by atoms with van der Waals surface area (Å²) in [6, 6.07) is 6.13. The Labute approximate surface area is 129 Å². The summed E-state index contributed by atoms with van der Waals surface area (Å²) < 4.78 is 11.2. The van der Waals surface area contributed by atoms with Gasteiger partial charge < -0.3 is 14.8 Å². The molecule has 1 aromatic rings. The van der Waals surface area contributed by atoms with Gasteiger partial charge in [-0.15, -0.1) is 0 Å². The van der Waals surface area contributed by atoms with Gasteiger partial charge in [0.05, 0.1) is 14.2 Å². The molecule has 0 aromatic heterocycles. The van der Waals surface area contributed by atoms with Gasteiger partial charge in [-0.3, -0.25) is 0 Å². The van der Waals surface area contributed by atoms with Gasteiger partial charge in [-0.2, -0.15) is 0 Å². The molecular weight excluding hydrogens is 262 g/mol. The second-order valence-corrected chi connectivity index (χ2v) is 5.93. The fourth-order valence-electron chi connectivity index (χ4n) is 3.54. The largest absolute Gasteiger partial charge is 0.496 e. The third-order valence-corrected chi connectivity index (χ3v) is 4.58. The number of rotatable bonds is 7. The number of methoxy groups -OCH3 is 2. The first-order valence-corrected chi connectivity index (χ1v) is 8.23. The summed E-state index contributed by atoms with van der Waals surface area (Å²) in [6.45, 7) is 4.42. The zero-order valence-electron chi connectivity index (χ0n) is 13.7. The van der Waals surface area contributed by atoms with Crippen LogP contribution in [0, 0.1) is 5.92 Å². The molecule has 1 aromatic carbocycles. The van der Waals surface area contributed by atoms with Gasteiger partial charge in [-0.1, -0.05) is 25.8 Å². The Morgan fingerprint density at radius 3 is 2.38 bits per heavy atom. The Morgan fingerprint density at radius 1 is 1.10 bits per heavy atom. The maximum absolute atomic E-state index is 5.61. The second-order valence-electron chi connectivity index (χ2n) is 5.93. The SMILES string of the molecule is CCCNCC1CCCCC1c1c(OC)cccc1OC. The van der Waals surface area contributed by atoms with E-state index in [-0.39, 0.29) is 0 Å². The molecule has 1 N–H and O–H groups in total. The molecule has 2 rings (SSSR count). The van der Waals surface area contributed by atoms with Crippen molar-refractivity contribution in [3.8, 4) is 11.5 Å². The zero-order valence-corrected chi connectivity index (χ0v) is 13.7. The van der Waals surface area contributed by atoms with E-state index in [4.69, 9.17) is 9.47 Å². The first kappa shape index (κ1) is 16.2. The van der Waals surface area contributed by atoms with Gasteiger partial charge >= 0.3 is 0 Å². The number of ether oxygens (including phenoxy) is 2. The van der Waals surface area contributed by atoms with E-state index in [1.54, 1.807) is 14.2 Å². The van der Waals surface area contributed by atoms with Crippen LogP contribution in [0.2, 0.25) is 0 Å². The Hall–Kier alpha value is -1.22. The molecule has 3 heteroatoms. The molecule has 118 valence electrons. The highest BCUT2D eigenvalue weighted by molar-refractivity contribution is 5.47. The van der Waals surface area contributed by atoms with E-state index in [1.807, 2.05) is 6.07 Å². The van der Waals surface area contributed by atoms with Crippen LogP contribution in [0.1, 0.15) is 50.5 Å². The van der Waals surface area contributed by atoms with E-state index < -0.39 is 0 Å². The van der Waals surface area contributed by atoms with Gasteiger partial charge in [0.2, 0.25) is 0 Å². The molecule has 2 atom stereocenters. The summed E-state index contributed by atoms with van der Waals surface area (Å²) in [5, 5.41) is 3.60. The summed E-state index contributed by atoms with van der Waals surface area (Å²) >= 11 is 0. The Bertz CT molecular complexity index is 411. The van der Waals surface area contributed by atoms with Crippen molar-refractivity contribution in [2.24, 2.45) is 5.92 Å². The van der Waals surface area contributed by atoms with Crippen LogP contribution in [0.15, 0.2) is 18.2 Å². The number of nitrogens with one attached hydrogen (secondary N) is 1. The minimum absolute atomic E-state index is 0.536. The molecule has 0 radical (unpaired) electrons. The van der Waals surface area contributed by atoms with Gasteiger partial charge in [0.1, 0.15) is 11.5 Å². The molecule has 21 heavy (non-hydrogen) atoms. The van der Waals surface area contributed by atoms with E-state index in [2.05, 4.69) is 24.4 Å². The van der Waals surface area contributed by atoms with Gasteiger partial charge in [-0.25, -0.2) is 0 Å². The minimum atomic E-state index is 0.536. The molecule has 1 aliphatic carbocycles. The fourth-order valence-corrected chi connectivity index (χ4v) is 3.54. The quantitative estimate of drug-likeness (QED) is 0.771. The number of hydrogen-bond acceptors (Lipinski definition) is 3. The number of benzene rings is 1. The van der Waals surface area contributed by atoms with Gasteiger partial charge in [0.25, 0.3) is 0 Å². The summed E-state index contributed by atoms with van der Waals surface area (Å²) in [5.41, 5.74) is 1.27. The van der Waals surface area contributed by atoms with Gasteiger partial charge in [0, 0.05) is 5.56 Å². The minimum Gasteiger partial charge on any atom is -0.496 e. The molecule has 0 amide bonds. The topological polar surface area (TPSA) is 30.5 Å². The number of hydrogen-bond donors (Lipinski definition) is 1. The molecule has 1 aliphatic rings. The molecule has 0 bridgehead atoms. The first-order valence-electron chi connectivity index (χ1n) is 8.23. The molecule has 0 saturated heterocycles. The molecule has 2 unspecified atom stereocenters. The molecular formula is C18H29NO2. The van der Waals surface area contributed by atoms with Crippen LogP contribution in [0.25, 0.3) is 0 Å². The first-order chi connectivity index (χ1) is 10.3. The van der Waals surface area contributed by atoms with Crippen LogP contribution >= 0.6 is 0 Å². The maximum Gasteiger partial charge on any atom is 0.126 e. The normalized spacial score (nSPS) is 22.0. The van der Waals surface area contributed by atoms with Crippen molar-refractivity contribution in [1.82, 2.24) is 5.32 Å². The van der Waals surface area contributed by atoms with E-state index in [1.165, 1.54) is 37.7 Å². The van der Waals surface area contributed by atoms with Gasteiger partial charge in [-0.05, 0) is 56.3 Å². The van der Waals surface area contributed by atoms with Crippen LogP contribution in [-0.4, -0.2) is 27.3 Å². The third-order valence-electron chi connectivity index (χ3n) is 4.58. The maximum atomic E-state index is 5.61. The molecule has 0 heterocycles. The van der Waals surface area contributed by atoms with Crippen molar-refractivity contribution in [2.45, 2.75) is 44.9 Å². The molecule has 1 saturated carbocycles. The highest BCUT2D eigenvalue weighted by Gasteiger charge is 2.30. The predicted molar refractivity (Wildman–Crippen MR) is 87.4 cm³/mol. The van der Waals surface area contributed by atoms with Crippen molar-refractivity contribution >= 4 is 0 Å². The smallest absolute Gasteiger partial charge is 0.126 e. The van der Waals surface area contributed by atoms with E-state index >= 15 is 0 Å². The van der Waals surface area contributed by atoms with E-state index in [9.17, 15) is 0 Å². The zero-order chi connectivity index (χ0) is 15.1. The van der Waals surface area contributed by atoms with Crippen LogP contribution in [0.5, 0.6) is 11.5 Å². The van der Waals surface area contributed by atoms with Crippen molar-refractivity contribution in [3.05, 3.63) is 23.8 Å². The molecule has 1 fully saturated rings. The lowest BCUT2D eigenvalue weighted by atomic mass is 9.74. The lowest BCUT2D eigenvalue weighted by molar-refractivity contribution is 0.279. The molecule has 0 spiro atoms. The monoisotopic (exact) mass is 291 g/mol. The summed E-state index contributed by atoms with van der Waals surface area (Å²) in [4.78, 5) is 0. The summed E-state index contributed by atoms with van der Waals surface area (Å²) in [6.07, 6.45) is 6.36. The van der Waals surface area contributed by atoms with Crippen molar-refractivity contribution in [1.29, 1.82) is 0 Å². The van der Waals surface area contributed by atoms with Crippen molar-refractivity contribution < 1.29 is 9.47 Å². The van der Waals surface area contributed by atoms with Crippen LogP contribution in [-0.2, 0) is 0 Å². The van der Waals surface area contributed by atoms with E-state index in [0.717, 1.165) is 24.6 Å². The van der Waals surface area contributed by atoms with Gasteiger partial charge in [0.15, 0.2) is 0 Å². The van der Waals surface area contributed by atoms with Crippen LogP contribution < -0.4 is 14.8 Å². The van der Waals surface area contributed by atoms with Crippen molar-refractivity contribution in [2.75, 3.05) is 27.3 Å². The second kappa shape index (κ2) is 8.28. The summed E-state index contributed by atoms with van der Waals surface area (Å²) in [7, 11) is 3.51. The third kappa shape index (κ3) is 3.91. The summed E-state index contributed by atoms with van der Waals surface area (Å²) in [5.74, 6) is 3.16. The average Bonchev–Trinajstić information content (AvgIpc) is 2.54. The predicted octanol–water partition coefficient (Wildman–Crippen LogP) is 3.98. The Kier molecular flexibility index (Phi) is 6.37. The van der Waals surface area contributed by atoms with Crippen molar-refractivity contribution in [3.63, 3.8) is 0 Å². The van der Waals surface area contributed by atoms with Crippen LogP contribution in [0.3, 0.4) is 0 Å². The average molecular weight is 291 g/mol. The standard InChI is InChI=1S/C18H29NO2/c1-4-12-19-13-14-8-5-6-9-15(14)18-16(20-2)10-7-11-17(18)21-3/h7,10-11,14-15,19H,4-6,8-9,12-13H2,1-3H3. The lowest BCUT2D eigenvalue weighted by Crippen LogP contribution is -2.30. The molecule has 0 aliphatic heterocycles. The fraction of sp³-hybridized carbons (Fsp3) is 0.667. The lowest BCUT2D eigenvalue weighted by Gasteiger charge is -2.33. The highest BCUT2D eigenvalue weighted by Crippen LogP contribution is 2.45. The highest BCUT2D eigenvalue weighted by atomic mass is 16.5. The van der Waals surface area contributed by atoms with Crippen LogP contribution in [0.4, 0.5) is 0 Å². The van der Waals surface area contributed by atoms with E-state index in [0.29, 0.717) is 11.8 Å². The Balaban J connectivity index is 2.23. The Morgan fingerprint density at radius 2 is 1.76 bits per heavy atom.